The van der Waals surface area contributed by atoms with Gasteiger partial charge in [-0.05, 0) is 74.6 Å². The van der Waals surface area contributed by atoms with Gasteiger partial charge in [0.05, 0.1) is 6.61 Å². The summed E-state index contributed by atoms with van der Waals surface area (Å²) in [7, 11) is 0. The molecule has 2 bridgehead atoms. The van der Waals surface area contributed by atoms with Gasteiger partial charge in [0, 0.05) is 11.3 Å². The molecule has 134 valence electrons. The second-order valence-corrected chi connectivity index (χ2v) is 8.58. The van der Waals surface area contributed by atoms with Crippen LogP contribution in [0.3, 0.4) is 0 Å². The first kappa shape index (κ1) is 16.9. The zero-order valence-electron chi connectivity index (χ0n) is 15.4. The molecule has 4 aliphatic rings. The molecule has 3 fully saturated rings. The molecule has 0 radical (unpaired) electrons. The molecular formula is C23H29FO. The summed E-state index contributed by atoms with van der Waals surface area (Å²) in [6.45, 7) is 5.02. The fourth-order valence-corrected chi connectivity index (χ4v) is 5.36. The fourth-order valence-electron chi connectivity index (χ4n) is 5.36. The number of hydrogen-bond acceptors (Lipinski definition) is 1. The highest BCUT2D eigenvalue weighted by molar-refractivity contribution is 5.40. The van der Waals surface area contributed by atoms with E-state index in [4.69, 9.17) is 4.74 Å². The molecule has 1 nitrogen and oxygen atoms in total. The van der Waals surface area contributed by atoms with E-state index >= 15 is 4.39 Å². The van der Waals surface area contributed by atoms with Crippen molar-refractivity contribution in [2.75, 3.05) is 6.61 Å². The van der Waals surface area contributed by atoms with Crippen LogP contribution >= 0.6 is 0 Å². The number of hydrogen-bond donors (Lipinski definition) is 0. The summed E-state index contributed by atoms with van der Waals surface area (Å²) in [4.78, 5) is 0. The van der Waals surface area contributed by atoms with Gasteiger partial charge in [0.25, 0.3) is 0 Å². The first-order valence-electron chi connectivity index (χ1n) is 9.78. The quantitative estimate of drug-likeness (QED) is 0.619. The van der Waals surface area contributed by atoms with Crippen molar-refractivity contribution in [3.63, 3.8) is 0 Å². The lowest BCUT2D eigenvalue weighted by atomic mass is 9.47. The average molecular weight is 340 g/mol. The second kappa shape index (κ2) is 6.00. The van der Waals surface area contributed by atoms with Crippen molar-refractivity contribution < 1.29 is 9.13 Å². The molecule has 0 heterocycles. The van der Waals surface area contributed by atoms with Crippen LogP contribution in [0, 0.1) is 10.8 Å². The predicted molar refractivity (Wildman–Crippen MR) is 101 cm³/mol. The molecule has 0 spiro atoms. The molecular weight excluding hydrogens is 311 g/mol. The third kappa shape index (κ3) is 2.65. The molecule has 4 aliphatic carbocycles. The fraction of sp³-hybridized carbons (Fsp3) is 0.565. The van der Waals surface area contributed by atoms with Crippen molar-refractivity contribution in [3.05, 3.63) is 54.1 Å². The molecule has 3 saturated carbocycles. The van der Waals surface area contributed by atoms with Gasteiger partial charge in [-0.1, -0.05) is 37.3 Å². The van der Waals surface area contributed by atoms with Crippen LogP contribution in [0.2, 0.25) is 0 Å². The van der Waals surface area contributed by atoms with Crippen LogP contribution < -0.4 is 4.74 Å². The Kier molecular flexibility index (Phi) is 4.05. The maximum absolute atomic E-state index is 16.7. The van der Waals surface area contributed by atoms with E-state index in [0.717, 1.165) is 30.6 Å². The highest BCUT2D eigenvalue weighted by Crippen LogP contribution is 2.65. The first-order chi connectivity index (χ1) is 12.0. The molecule has 0 aromatic heterocycles. The molecule has 2 heteroatoms. The molecule has 2 atom stereocenters. The van der Waals surface area contributed by atoms with Crippen LogP contribution in [0.5, 0.6) is 5.75 Å². The number of benzene rings is 1. The van der Waals surface area contributed by atoms with Gasteiger partial charge >= 0.3 is 0 Å². The number of ether oxygens (including phenoxy) is 1. The Bertz CT molecular complexity index is 662. The molecule has 0 amide bonds. The summed E-state index contributed by atoms with van der Waals surface area (Å²) in [6, 6.07) is 8.03. The van der Waals surface area contributed by atoms with Crippen LogP contribution in [0.4, 0.5) is 4.39 Å². The van der Waals surface area contributed by atoms with Gasteiger partial charge in [-0.2, -0.15) is 0 Å². The van der Waals surface area contributed by atoms with Crippen molar-refractivity contribution in [1.82, 2.24) is 0 Å². The predicted octanol–water partition coefficient (Wildman–Crippen LogP) is 6.36. The SMILES string of the molecule is CCOc1ccc(C2C=CC=CC2(F)C23CCC(C)(CC2)CC3)cc1. The van der Waals surface area contributed by atoms with Crippen LogP contribution in [0.25, 0.3) is 0 Å². The summed E-state index contributed by atoms with van der Waals surface area (Å²) in [6.07, 6.45) is 14.4. The molecule has 1 aromatic carbocycles. The number of alkyl halides is 1. The molecule has 2 unspecified atom stereocenters. The van der Waals surface area contributed by atoms with Gasteiger partial charge in [0.15, 0.2) is 0 Å². The molecule has 5 rings (SSSR count). The summed E-state index contributed by atoms with van der Waals surface area (Å²) < 4.78 is 22.2. The van der Waals surface area contributed by atoms with E-state index in [0.29, 0.717) is 12.0 Å². The Balaban J connectivity index is 1.67. The summed E-state index contributed by atoms with van der Waals surface area (Å²) in [5.41, 5.74) is 0.0344. The van der Waals surface area contributed by atoms with Crippen LogP contribution in [0.1, 0.15) is 63.9 Å². The Labute approximate surface area is 151 Å². The molecule has 0 N–H and O–H groups in total. The molecule has 0 aliphatic heterocycles. The lowest BCUT2D eigenvalue weighted by molar-refractivity contribution is -0.0919. The van der Waals surface area contributed by atoms with E-state index in [-0.39, 0.29) is 11.3 Å². The van der Waals surface area contributed by atoms with Crippen molar-refractivity contribution in [3.8, 4) is 5.75 Å². The van der Waals surface area contributed by atoms with Crippen LogP contribution in [0.15, 0.2) is 48.6 Å². The van der Waals surface area contributed by atoms with Gasteiger partial charge < -0.3 is 4.74 Å². The summed E-state index contributed by atoms with van der Waals surface area (Å²) in [5, 5.41) is 0. The Morgan fingerprint density at radius 3 is 2.24 bits per heavy atom. The topological polar surface area (TPSA) is 9.23 Å². The largest absolute Gasteiger partial charge is 0.494 e. The van der Waals surface area contributed by atoms with Gasteiger partial charge in [-0.25, -0.2) is 4.39 Å². The minimum absolute atomic E-state index is 0.198. The van der Waals surface area contributed by atoms with Gasteiger partial charge in [-0.15, -0.1) is 0 Å². The smallest absolute Gasteiger partial charge is 0.145 e. The maximum Gasteiger partial charge on any atom is 0.145 e. The molecule has 1 aromatic rings. The van der Waals surface area contributed by atoms with Crippen molar-refractivity contribution in [2.45, 2.75) is 64.0 Å². The highest BCUT2D eigenvalue weighted by Gasteiger charge is 2.60. The average Bonchev–Trinajstić information content (AvgIpc) is 2.64. The van der Waals surface area contributed by atoms with E-state index in [1.54, 1.807) is 0 Å². The van der Waals surface area contributed by atoms with E-state index < -0.39 is 5.67 Å². The van der Waals surface area contributed by atoms with Gasteiger partial charge in [-0.3, -0.25) is 0 Å². The maximum atomic E-state index is 16.7. The minimum Gasteiger partial charge on any atom is -0.494 e. The standard InChI is InChI=1S/C23H29FO/c1-3-25-19-9-7-18(8-10-19)20-6-4-5-11-23(20,24)22-15-12-21(2,13-16-22)14-17-22/h4-11,20H,3,12-17H2,1-2H3. The number of rotatable bonds is 4. The van der Waals surface area contributed by atoms with E-state index in [1.807, 2.05) is 49.4 Å². The van der Waals surface area contributed by atoms with Gasteiger partial charge in [0.2, 0.25) is 0 Å². The number of fused-ring (bicyclic) bond motifs is 3. The van der Waals surface area contributed by atoms with Gasteiger partial charge in [0.1, 0.15) is 11.4 Å². The highest BCUT2D eigenvalue weighted by atomic mass is 19.1. The minimum atomic E-state index is -1.28. The van der Waals surface area contributed by atoms with Crippen molar-refractivity contribution in [2.24, 2.45) is 10.8 Å². The first-order valence-corrected chi connectivity index (χ1v) is 9.78. The third-order valence-electron chi connectivity index (χ3n) is 7.19. The third-order valence-corrected chi connectivity index (χ3v) is 7.19. The van der Waals surface area contributed by atoms with E-state index in [2.05, 4.69) is 13.0 Å². The number of halogens is 1. The Hall–Kier alpha value is -1.57. The summed E-state index contributed by atoms with van der Waals surface area (Å²) in [5.74, 6) is 0.658. The lowest BCUT2D eigenvalue weighted by Gasteiger charge is -2.58. The van der Waals surface area contributed by atoms with Crippen molar-refractivity contribution >= 4 is 0 Å². The summed E-state index contributed by atoms with van der Waals surface area (Å²) >= 11 is 0. The lowest BCUT2D eigenvalue weighted by Crippen LogP contribution is -2.54. The zero-order chi connectivity index (χ0) is 17.5. The van der Waals surface area contributed by atoms with Crippen molar-refractivity contribution in [1.29, 1.82) is 0 Å². The Morgan fingerprint density at radius 1 is 1.00 bits per heavy atom. The monoisotopic (exact) mass is 340 g/mol. The van der Waals surface area contributed by atoms with E-state index in [1.165, 1.54) is 19.3 Å². The number of allylic oxidation sites excluding steroid dienone is 4. The Morgan fingerprint density at radius 2 is 1.64 bits per heavy atom. The second-order valence-electron chi connectivity index (χ2n) is 8.58. The van der Waals surface area contributed by atoms with Crippen LogP contribution in [-0.4, -0.2) is 12.3 Å². The normalized spacial score (nSPS) is 39.6. The molecule has 25 heavy (non-hydrogen) atoms. The molecule has 0 saturated heterocycles. The van der Waals surface area contributed by atoms with E-state index in [9.17, 15) is 0 Å². The van der Waals surface area contributed by atoms with Crippen LogP contribution in [-0.2, 0) is 0 Å². The zero-order valence-corrected chi connectivity index (χ0v) is 15.4.